The van der Waals surface area contributed by atoms with Crippen LogP contribution in [0.3, 0.4) is 0 Å². The van der Waals surface area contributed by atoms with Crippen LogP contribution in [0.25, 0.3) is 0 Å². The van der Waals surface area contributed by atoms with Crippen LogP contribution >= 0.6 is 11.6 Å². The van der Waals surface area contributed by atoms with Crippen LogP contribution in [0.2, 0.25) is 5.02 Å². The molecule has 170 valence electrons. The quantitative estimate of drug-likeness (QED) is 0.703. The van der Waals surface area contributed by atoms with Crippen molar-refractivity contribution in [2.75, 3.05) is 26.2 Å². The van der Waals surface area contributed by atoms with Gasteiger partial charge in [-0.25, -0.2) is 0 Å². The van der Waals surface area contributed by atoms with Gasteiger partial charge in [-0.15, -0.1) is 0 Å². The number of ether oxygens (including phenoxy) is 1. The van der Waals surface area contributed by atoms with Crippen molar-refractivity contribution in [2.45, 2.75) is 44.9 Å². The van der Waals surface area contributed by atoms with Crippen molar-refractivity contribution >= 4 is 23.4 Å². The molecule has 0 bridgehead atoms. The molecule has 2 heterocycles. The number of fused-ring (bicyclic) bond motifs is 1. The lowest BCUT2D eigenvalue weighted by atomic mass is 9.75. The van der Waals surface area contributed by atoms with Crippen LogP contribution in [0, 0.1) is 5.41 Å². The number of para-hydroxylation sites is 1. The first-order valence-corrected chi connectivity index (χ1v) is 11.9. The molecule has 1 spiro atoms. The number of hydrogen-bond donors (Lipinski definition) is 1. The molecule has 2 aliphatic heterocycles. The third-order valence-electron chi connectivity index (χ3n) is 6.62. The third-order valence-corrected chi connectivity index (χ3v) is 6.86. The molecule has 1 fully saturated rings. The zero-order valence-corrected chi connectivity index (χ0v) is 19.2. The second kappa shape index (κ2) is 10.4. The number of amides is 2. The van der Waals surface area contributed by atoms with E-state index in [1.165, 1.54) is 0 Å². The van der Waals surface area contributed by atoms with Crippen molar-refractivity contribution in [3.05, 3.63) is 64.7 Å². The molecule has 2 aromatic carbocycles. The van der Waals surface area contributed by atoms with Gasteiger partial charge in [0.2, 0.25) is 5.91 Å². The van der Waals surface area contributed by atoms with Gasteiger partial charge in [-0.1, -0.05) is 48.7 Å². The number of hydrogen-bond acceptors (Lipinski definition) is 3. The average Bonchev–Trinajstić information content (AvgIpc) is 2.79. The fourth-order valence-electron chi connectivity index (χ4n) is 4.89. The number of halogens is 1. The van der Waals surface area contributed by atoms with Gasteiger partial charge in [-0.2, -0.15) is 0 Å². The van der Waals surface area contributed by atoms with Crippen LogP contribution in [0.15, 0.2) is 48.5 Å². The third kappa shape index (κ3) is 5.63. The lowest BCUT2D eigenvalue weighted by Crippen LogP contribution is -2.51. The second-order valence-electron chi connectivity index (χ2n) is 9.06. The van der Waals surface area contributed by atoms with Crippen LogP contribution in [0.1, 0.15) is 54.4 Å². The van der Waals surface area contributed by atoms with E-state index in [0.29, 0.717) is 42.5 Å². The van der Waals surface area contributed by atoms with Crippen molar-refractivity contribution in [3.63, 3.8) is 0 Å². The lowest BCUT2D eigenvalue weighted by Gasteiger charge is -2.43. The SMILES string of the molecule is O=C1NCC2(CCCCCOc3ccccc31)CCCN(C(=O)Cc1cccc(Cl)c1)C2. The van der Waals surface area contributed by atoms with Gasteiger partial charge in [-0.05, 0) is 55.5 Å². The molecule has 4 rings (SSSR count). The normalized spacial score (nSPS) is 22.2. The number of nitrogens with zero attached hydrogens (tertiary/aromatic N) is 1. The number of benzene rings is 2. The van der Waals surface area contributed by atoms with Crippen LogP contribution in [0.4, 0.5) is 0 Å². The Morgan fingerprint density at radius 2 is 1.91 bits per heavy atom. The molecule has 2 aromatic rings. The van der Waals surface area contributed by atoms with Crippen LogP contribution in [-0.2, 0) is 11.2 Å². The first-order valence-electron chi connectivity index (χ1n) is 11.6. The molecule has 1 unspecified atom stereocenters. The number of nitrogens with one attached hydrogen (secondary N) is 1. The van der Waals surface area contributed by atoms with E-state index in [4.69, 9.17) is 16.3 Å². The van der Waals surface area contributed by atoms with E-state index in [0.717, 1.165) is 50.6 Å². The zero-order chi connectivity index (χ0) is 22.4. The molecule has 6 heteroatoms. The van der Waals surface area contributed by atoms with Crippen LogP contribution < -0.4 is 10.1 Å². The Morgan fingerprint density at radius 1 is 1.06 bits per heavy atom. The molecule has 2 aliphatic rings. The monoisotopic (exact) mass is 454 g/mol. The van der Waals surface area contributed by atoms with Gasteiger partial charge in [-0.3, -0.25) is 9.59 Å². The van der Waals surface area contributed by atoms with Crippen molar-refractivity contribution in [1.82, 2.24) is 10.2 Å². The maximum Gasteiger partial charge on any atom is 0.255 e. The summed E-state index contributed by atoms with van der Waals surface area (Å²) in [6, 6.07) is 14.9. The van der Waals surface area contributed by atoms with Crippen LogP contribution in [-0.4, -0.2) is 43.0 Å². The van der Waals surface area contributed by atoms with E-state index in [1.807, 2.05) is 53.4 Å². The summed E-state index contributed by atoms with van der Waals surface area (Å²) in [7, 11) is 0. The van der Waals surface area contributed by atoms with Crippen molar-refractivity contribution in [3.8, 4) is 5.75 Å². The molecule has 1 atom stereocenters. The summed E-state index contributed by atoms with van der Waals surface area (Å²) in [6.07, 6.45) is 6.43. The molecule has 0 aliphatic carbocycles. The summed E-state index contributed by atoms with van der Waals surface area (Å²) in [6.45, 7) is 2.64. The Bertz CT molecular complexity index is 964. The highest BCUT2D eigenvalue weighted by molar-refractivity contribution is 6.30. The lowest BCUT2D eigenvalue weighted by molar-refractivity contribution is -0.134. The fraction of sp³-hybridized carbons (Fsp3) is 0.462. The Labute approximate surface area is 195 Å². The molecule has 1 saturated heterocycles. The maximum atomic E-state index is 13.1. The smallest absolute Gasteiger partial charge is 0.255 e. The van der Waals surface area contributed by atoms with Gasteiger partial charge in [0.05, 0.1) is 18.6 Å². The molecule has 2 amide bonds. The molecule has 0 radical (unpaired) electrons. The Hall–Kier alpha value is -2.53. The summed E-state index contributed by atoms with van der Waals surface area (Å²) < 4.78 is 5.86. The van der Waals surface area contributed by atoms with Gasteiger partial charge in [0, 0.05) is 30.1 Å². The first kappa shape index (κ1) is 22.7. The number of carbonyl (C=O) groups is 2. The Balaban J connectivity index is 1.48. The summed E-state index contributed by atoms with van der Waals surface area (Å²) in [5.74, 6) is 0.659. The average molecular weight is 455 g/mol. The standard InChI is InChI=1S/C26H31ClN2O3/c27-21-9-6-8-20(16-21)17-24(30)29-14-7-13-26(19-29)12-4-1-5-15-32-23-11-3-2-10-22(23)25(31)28-18-26/h2-3,6,8-11,16H,1,4-5,7,12-15,17-19H2,(H,28,31). The molecular formula is C26H31ClN2O3. The van der Waals surface area contributed by atoms with E-state index in [1.54, 1.807) is 0 Å². The highest BCUT2D eigenvalue weighted by Crippen LogP contribution is 2.36. The Morgan fingerprint density at radius 3 is 2.78 bits per heavy atom. The van der Waals surface area contributed by atoms with E-state index in [-0.39, 0.29) is 17.2 Å². The fourth-order valence-corrected chi connectivity index (χ4v) is 5.11. The van der Waals surface area contributed by atoms with Crippen LogP contribution in [0.5, 0.6) is 5.75 Å². The predicted molar refractivity (Wildman–Crippen MR) is 126 cm³/mol. The summed E-state index contributed by atoms with van der Waals surface area (Å²) in [5.41, 5.74) is 1.42. The summed E-state index contributed by atoms with van der Waals surface area (Å²) >= 11 is 6.09. The van der Waals surface area contributed by atoms with E-state index < -0.39 is 0 Å². The number of piperidine rings is 1. The van der Waals surface area contributed by atoms with Gasteiger partial charge in [0.25, 0.3) is 5.91 Å². The Kier molecular flexibility index (Phi) is 7.36. The van der Waals surface area contributed by atoms with Crippen molar-refractivity contribution in [1.29, 1.82) is 0 Å². The van der Waals surface area contributed by atoms with Gasteiger partial charge >= 0.3 is 0 Å². The molecule has 5 nitrogen and oxygen atoms in total. The number of rotatable bonds is 2. The maximum absolute atomic E-state index is 13.1. The van der Waals surface area contributed by atoms with Gasteiger partial charge in [0.15, 0.2) is 0 Å². The van der Waals surface area contributed by atoms with E-state index in [2.05, 4.69) is 5.32 Å². The van der Waals surface area contributed by atoms with E-state index >= 15 is 0 Å². The highest BCUT2D eigenvalue weighted by Gasteiger charge is 2.37. The summed E-state index contributed by atoms with van der Waals surface area (Å²) in [5, 5.41) is 3.81. The minimum atomic E-state index is -0.108. The molecule has 32 heavy (non-hydrogen) atoms. The molecule has 0 saturated carbocycles. The molecule has 0 aromatic heterocycles. The minimum Gasteiger partial charge on any atom is -0.493 e. The topological polar surface area (TPSA) is 58.6 Å². The molecular weight excluding hydrogens is 424 g/mol. The number of likely N-dealkylation sites (tertiary alicyclic amines) is 1. The second-order valence-corrected chi connectivity index (χ2v) is 9.50. The minimum absolute atomic E-state index is 0.0904. The van der Waals surface area contributed by atoms with E-state index in [9.17, 15) is 9.59 Å². The summed E-state index contributed by atoms with van der Waals surface area (Å²) in [4.78, 5) is 28.0. The largest absolute Gasteiger partial charge is 0.493 e. The number of carbonyl (C=O) groups excluding carboxylic acids is 2. The molecule has 1 N–H and O–H groups in total. The van der Waals surface area contributed by atoms with Crippen molar-refractivity contribution < 1.29 is 14.3 Å². The van der Waals surface area contributed by atoms with Gasteiger partial charge < -0.3 is 15.0 Å². The predicted octanol–water partition coefficient (Wildman–Crippen LogP) is 4.87. The van der Waals surface area contributed by atoms with Crippen molar-refractivity contribution in [2.24, 2.45) is 5.41 Å². The zero-order valence-electron chi connectivity index (χ0n) is 18.4. The van der Waals surface area contributed by atoms with Gasteiger partial charge in [0.1, 0.15) is 5.75 Å². The first-order chi connectivity index (χ1) is 15.5. The highest BCUT2D eigenvalue weighted by atomic mass is 35.5.